The fraction of sp³-hybridized carbons (Fsp3) is 0.500. The average Bonchev–Trinajstić information content (AvgIpc) is 3.53. The zero-order chi connectivity index (χ0) is 27.2. The van der Waals surface area contributed by atoms with Crippen molar-refractivity contribution in [3.05, 3.63) is 70.3 Å². The maximum Gasteiger partial charge on any atom is 0.435 e. The maximum absolute atomic E-state index is 14.0. The highest BCUT2D eigenvalue weighted by Gasteiger charge is 2.40. The molecule has 0 aliphatic heterocycles. The molecule has 0 radical (unpaired) electrons. The normalized spacial score (nSPS) is 17.2. The van der Waals surface area contributed by atoms with Gasteiger partial charge in [-0.2, -0.15) is 9.78 Å². The van der Waals surface area contributed by atoms with Crippen LogP contribution in [0.2, 0.25) is 0 Å². The molecule has 2 heterocycles. The second kappa shape index (κ2) is 9.97. The maximum atomic E-state index is 14.0. The van der Waals surface area contributed by atoms with Crippen LogP contribution in [0, 0.1) is 13.8 Å². The van der Waals surface area contributed by atoms with Gasteiger partial charge in [0.1, 0.15) is 11.4 Å². The Hall–Kier alpha value is -3.55. The number of carbonyl (C=O) groups excluding carboxylic acids is 2. The number of aromatic nitrogens is 3. The lowest BCUT2D eigenvalue weighted by molar-refractivity contribution is 0.0513. The first kappa shape index (κ1) is 26.1. The lowest BCUT2D eigenvalue weighted by Crippen LogP contribution is -2.45. The number of amides is 1. The van der Waals surface area contributed by atoms with Crippen molar-refractivity contribution in [2.24, 2.45) is 0 Å². The van der Waals surface area contributed by atoms with Gasteiger partial charge in [0.05, 0.1) is 18.4 Å². The molecule has 2 aliphatic carbocycles. The van der Waals surface area contributed by atoms with E-state index in [1.807, 2.05) is 52.0 Å². The van der Waals surface area contributed by atoms with Gasteiger partial charge in [-0.25, -0.2) is 4.79 Å². The Morgan fingerprint density at radius 3 is 2.55 bits per heavy atom. The molecule has 1 unspecified atom stereocenters. The van der Waals surface area contributed by atoms with E-state index in [2.05, 4.69) is 27.6 Å². The molecule has 0 N–H and O–H groups in total. The molecular weight excluding hydrogens is 480 g/mol. The number of carbonyl (C=O) groups is 2. The van der Waals surface area contributed by atoms with E-state index in [0.29, 0.717) is 13.0 Å². The van der Waals surface area contributed by atoms with Crippen molar-refractivity contribution in [1.82, 2.24) is 19.2 Å². The number of fused-ring (bicyclic) bond motifs is 1. The number of rotatable bonds is 6. The molecule has 8 nitrogen and oxygen atoms in total. The van der Waals surface area contributed by atoms with Gasteiger partial charge < -0.3 is 18.9 Å². The molecule has 2 aliphatic rings. The van der Waals surface area contributed by atoms with Crippen LogP contribution in [-0.4, -0.2) is 56.0 Å². The SMILES string of the molecule is COc1cccc(Cn2c(C)cc(C(=O)N(C3CC3)C3CCc4nn(C(=O)OC(C)(C)C)cc4C3)c2C)c1. The van der Waals surface area contributed by atoms with E-state index in [1.165, 1.54) is 4.68 Å². The van der Waals surface area contributed by atoms with Gasteiger partial charge >= 0.3 is 6.09 Å². The summed E-state index contributed by atoms with van der Waals surface area (Å²) >= 11 is 0. The number of aryl methyl sites for hydroxylation is 2. The molecule has 1 amide bonds. The predicted octanol–water partition coefficient (Wildman–Crippen LogP) is 5.30. The van der Waals surface area contributed by atoms with Crippen LogP contribution in [0.4, 0.5) is 4.79 Å². The number of hydrogen-bond donors (Lipinski definition) is 0. The van der Waals surface area contributed by atoms with Crippen LogP contribution in [0.15, 0.2) is 36.5 Å². The lowest BCUT2D eigenvalue weighted by Gasteiger charge is -2.34. The van der Waals surface area contributed by atoms with E-state index in [-0.39, 0.29) is 18.0 Å². The molecule has 202 valence electrons. The monoisotopic (exact) mass is 518 g/mol. The summed E-state index contributed by atoms with van der Waals surface area (Å²) < 4.78 is 14.4. The molecular formula is C30H38N4O4. The summed E-state index contributed by atoms with van der Waals surface area (Å²) in [4.78, 5) is 28.7. The van der Waals surface area contributed by atoms with Crippen molar-refractivity contribution in [2.75, 3.05) is 7.11 Å². The van der Waals surface area contributed by atoms with E-state index in [9.17, 15) is 9.59 Å². The summed E-state index contributed by atoms with van der Waals surface area (Å²) in [5.74, 6) is 0.929. The second-order valence-corrected chi connectivity index (χ2v) is 11.6. The van der Waals surface area contributed by atoms with Gasteiger partial charge in [0.2, 0.25) is 0 Å². The van der Waals surface area contributed by atoms with E-state index in [4.69, 9.17) is 9.47 Å². The van der Waals surface area contributed by atoms with E-state index >= 15 is 0 Å². The smallest absolute Gasteiger partial charge is 0.435 e. The van der Waals surface area contributed by atoms with Gasteiger partial charge in [-0.3, -0.25) is 4.79 Å². The van der Waals surface area contributed by atoms with Gasteiger partial charge in [-0.1, -0.05) is 12.1 Å². The van der Waals surface area contributed by atoms with E-state index in [0.717, 1.165) is 65.2 Å². The Morgan fingerprint density at radius 1 is 1.11 bits per heavy atom. The van der Waals surface area contributed by atoms with E-state index in [1.54, 1.807) is 13.3 Å². The minimum atomic E-state index is -0.583. The Kier molecular flexibility index (Phi) is 6.84. The number of benzene rings is 1. The highest BCUT2D eigenvalue weighted by molar-refractivity contribution is 5.96. The summed E-state index contributed by atoms with van der Waals surface area (Å²) in [5.41, 5.74) is 5.31. The first-order valence-electron chi connectivity index (χ1n) is 13.5. The summed E-state index contributed by atoms with van der Waals surface area (Å²) in [6.45, 7) is 10.3. The van der Waals surface area contributed by atoms with Crippen molar-refractivity contribution in [2.45, 2.75) is 91.0 Å². The van der Waals surface area contributed by atoms with Gasteiger partial charge in [0.15, 0.2) is 0 Å². The molecule has 3 aromatic rings. The minimum absolute atomic E-state index is 0.0835. The number of hydrogen-bond acceptors (Lipinski definition) is 5. The quantitative estimate of drug-likeness (QED) is 0.442. The van der Waals surface area contributed by atoms with Crippen molar-refractivity contribution < 1.29 is 19.1 Å². The van der Waals surface area contributed by atoms with Crippen LogP contribution in [0.1, 0.15) is 78.6 Å². The molecule has 8 heteroatoms. The molecule has 1 fully saturated rings. The van der Waals surface area contributed by atoms with Gasteiger partial charge in [0.25, 0.3) is 5.91 Å². The van der Waals surface area contributed by atoms with Crippen LogP contribution >= 0.6 is 0 Å². The zero-order valence-electron chi connectivity index (χ0n) is 23.3. The fourth-order valence-electron chi connectivity index (χ4n) is 5.46. The molecule has 1 aromatic carbocycles. The first-order chi connectivity index (χ1) is 18.0. The van der Waals surface area contributed by atoms with Crippen molar-refractivity contribution in [3.63, 3.8) is 0 Å². The van der Waals surface area contributed by atoms with Crippen LogP contribution in [0.25, 0.3) is 0 Å². The molecule has 38 heavy (non-hydrogen) atoms. The summed E-state index contributed by atoms with van der Waals surface area (Å²) in [7, 11) is 1.67. The molecule has 0 bridgehead atoms. The highest BCUT2D eigenvalue weighted by atomic mass is 16.6. The standard InChI is InChI=1S/C30H38N4O4/c1-19-14-26(20(2)32(19)17-21-8-7-9-25(15-21)37-6)28(35)34(23-10-11-23)24-12-13-27-22(16-24)18-33(31-27)29(36)38-30(3,4)5/h7-9,14-15,18,23-24H,10-13,16-17H2,1-6H3. The lowest BCUT2D eigenvalue weighted by atomic mass is 9.91. The van der Waals surface area contributed by atoms with Crippen LogP contribution in [0.3, 0.4) is 0 Å². The molecule has 1 saturated carbocycles. The number of nitrogens with zero attached hydrogens (tertiary/aromatic N) is 4. The second-order valence-electron chi connectivity index (χ2n) is 11.6. The van der Waals surface area contributed by atoms with Gasteiger partial charge in [-0.05, 0) is 96.0 Å². The highest BCUT2D eigenvalue weighted by Crippen LogP contribution is 2.35. The van der Waals surface area contributed by atoms with Crippen LogP contribution in [0.5, 0.6) is 5.75 Å². The Balaban J connectivity index is 1.36. The van der Waals surface area contributed by atoms with E-state index < -0.39 is 11.7 Å². The van der Waals surface area contributed by atoms with Gasteiger partial charge in [0, 0.05) is 36.2 Å². The van der Waals surface area contributed by atoms with Crippen molar-refractivity contribution in [3.8, 4) is 5.75 Å². The Labute approximate surface area is 224 Å². The molecule has 5 rings (SSSR count). The molecule has 1 atom stereocenters. The predicted molar refractivity (Wildman–Crippen MR) is 145 cm³/mol. The zero-order valence-corrected chi connectivity index (χ0v) is 23.3. The molecule has 0 spiro atoms. The molecule has 0 saturated heterocycles. The first-order valence-corrected chi connectivity index (χ1v) is 13.5. The molecule has 2 aromatic heterocycles. The summed E-state index contributed by atoms with van der Waals surface area (Å²) in [6, 6.07) is 10.4. The Morgan fingerprint density at radius 2 is 1.87 bits per heavy atom. The van der Waals surface area contributed by atoms with Crippen molar-refractivity contribution >= 4 is 12.0 Å². The number of ether oxygens (including phenoxy) is 2. The average molecular weight is 519 g/mol. The third kappa shape index (κ3) is 5.35. The third-order valence-corrected chi connectivity index (χ3v) is 7.47. The minimum Gasteiger partial charge on any atom is -0.497 e. The Bertz CT molecular complexity index is 1360. The number of methoxy groups -OCH3 is 1. The van der Waals surface area contributed by atoms with Crippen LogP contribution < -0.4 is 4.74 Å². The fourth-order valence-corrected chi connectivity index (χ4v) is 5.46. The van der Waals surface area contributed by atoms with Crippen molar-refractivity contribution in [1.29, 1.82) is 0 Å². The largest absolute Gasteiger partial charge is 0.497 e. The van der Waals surface area contributed by atoms with Crippen LogP contribution in [-0.2, 0) is 24.1 Å². The third-order valence-electron chi connectivity index (χ3n) is 7.47. The summed E-state index contributed by atoms with van der Waals surface area (Å²) in [5, 5.41) is 4.50. The topological polar surface area (TPSA) is 78.6 Å². The van der Waals surface area contributed by atoms with Gasteiger partial charge in [-0.15, -0.1) is 0 Å². The summed E-state index contributed by atoms with van der Waals surface area (Å²) in [6.07, 6.45) is 5.66.